The third-order valence-corrected chi connectivity index (χ3v) is 3.26. The summed E-state index contributed by atoms with van der Waals surface area (Å²) in [6, 6.07) is 17.3. The van der Waals surface area contributed by atoms with E-state index >= 15 is 0 Å². The Balaban J connectivity index is 1.92. The van der Waals surface area contributed by atoms with E-state index in [1.807, 2.05) is 54.6 Å². The fourth-order valence-corrected chi connectivity index (χ4v) is 2.02. The van der Waals surface area contributed by atoms with Crippen molar-refractivity contribution in [3.63, 3.8) is 0 Å². The first-order chi connectivity index (χ1) is 12.2. The summed E-state index contributed by atoms with van der Waals surface area (Å²) in [4.78, 5) is 11.7. The van der Waals surface area contributed by atoms with Crippen molar-refractivity contribution in [3.8, 4) is 5.75 Å². The fourth-order valence-electron chi connectivity index (χ4n) is 2.02. The normalized spacial score (nSPS) is 10.6. The second kappa shape index (κ2) is 10.1. The van der Waals surface area contributed by atoms with E-state index in [2.05, 4.69) is 5.10 Å². The molecule has 0 unspecified atom stereocenters. The Hall–Kier alpha value is -2.86. The number of hydrogen-bond donors (Lipinski definition) is 1. The molecule has 0 aromatic heterocycles. The van der Waals surface area contributed by atoms with Crippen molar-refractivity contribution >= 4 is 12.3 Å². The third-order valence-electron chi connectivity index (χ3n) is 3.26. The summed E-state index contributed by atoms with van der Waals surface area (Å²) in [6.07, 6.45) is 0.948. The maximum absolute atomic E-state index is 11.7. The largest absolute Gasteiger partial charge is 0.489 e. The highest BCUT2D eigenvalue weighted by atomic mass is 16.6. The quantitative estimate of drug-likeness (QED) is 0.591. The molecule has 0 bridgehead atoms. The number of benzene rings is 2. The molecule has 132 valence electrons. The Kier molecular flexibility index (Phi) is 7.46. The Morgan fingerprint density at radius 1 is 1.16 bits per heavy atom. The Bertz CT molecular complexity index is 672. The lowest BCUT2D eigenvalue weighted by Gasteiger charge is -2.14. The SMILES string of the molecule is CCOC(=O)N(CCO)N=Cc1ccc(OCc2ccccc2)cc1. The first-order valence-corrected chi connectivity index (χ1v) is 8.09. The molecule has 0 heterocycles. The van der Waals surface area contributed by atoms with Gasteiger partial charge in [0.15, 0.2) is 0 Å². The van der Waals surface area contributed by atoms with Crippen LogP contribution < -0.4 is 4.74 Å². The topological polar surface area (TPSA) is 71.4 Å². The Morgan fingerprint density at radius 3 is 2.52 bits per heavy atom. The van der Waals surface area contributed by atoms with Gasteiger partial charge in [-0.3, -0.25) is 0 Å². The molecule has 1 amide bonds. The van der Waals surface area contributed by atoms with Gasteiger partial charge in [0.2, 0.25) is 0 Å². The second-order valence-corrected chi connectivity index (χ2v) is 5.13. The summed E-state index contributed by atoms with van der Waals surface area (Å²) in [5, 5.41) is 14.1. The molecule has 0 atom stereocenters. The number of rotatable bonds is 8. The molecule has 0 aliphatic carbocycles. The van der Waals surface area contributed by atoms with Crippen LogP contribution in [0.4, 0.5) is 4.79 Å². The molecular weight excluding hydrogens is 320 g/mol. The van der Waals surface area contributed by atoms with Gasteiger partial charge in [-0.1, -0.05) is 30.3 Å². The molecule has 6 nitrogen and oxygen atoms in total. The third kappa shape index (κ3) is 6.27. The number of aliphatic hydroxyl groups excluding tert-OH is 1. The van der Waals surface area contributed by atoms with Gasteiger partial charge in [-0.2, -0.15) is 10.1 Å². The minimum absolute atomic E-state index is 0.0770. The van der Waals surface area contributed by atoms with E-state index in [0.29, 0.717) is 6.61 Å². The molecule has 6 heteroatoms. The van der Waals surface area contributed by atoms with Gasteiger partial charge in [-0.25, -0.2) is 4.79 Å². The molecule has 0 spiro atoms. The molecule has 0 aliphatic heterocycles. The van der Waals surface area contributed by atoms with Crippen LogP contribution in [-0.4, -0.2) is 42.2 Å². The molecule has 25 heavy (non-hydrogen) atoms. The fraction of sp³-hybridized carbons (Fsp3) is 0.263. The van der Waals surface area contributed by atoms with Crippen LogP contribution in [0.5, 0.6) is 5.75 Å². The predicted molar refractivity (Wildman–Crippen MR) is 95.6 cm³/mol. The summed E-state index contributed by atoms with van der Waals surface area (Å²) in [5.41, 5.74) is 1.90. The maximum atomic E-state index is 11.7. The zero-order chi connectivity index (χ0) is 17.9. The lowest BCUT2D eigenvalue weighted by Crippen LogP contribution is -2.29. The number of nitrogens with zero attached hydrogens (tertiary/aromatic N) is 2. The van der Waals surface area contributed by atoms with E-state index in [0.717, 1.165) is 21.9 Å². The van der Waals surface area contributed by atoms with Gasteiger partial charge in [0.05, 0.1) is 26.0 Å². The van der Waals surface area contributed by atoms with Gasteiger partial charge in [-0.05, 0) is 42.3 Å². The highest BCUT2D eigenvalue weighted by Gasteiger charge is 2.11. The van der Waals surface area contributed by atoms with E-state index in [-0.39, 0.29) is 19.8 Å². The van der Waals surface area contributed by atoms with Crippen LogP contribution in [0.2, 0.25) is 0 Å². The van der Waals surface area contributed by atoms with Gasteiger partial charge in [0.25, 0.3) is 0 Å². The Morgan fingerprint density at radius 2 is 1.88 bits per heavy atom. The summed E-state index contributed by atoms with van der Waals surface area (Å²) < 4.78 is 10.6. The van der Waals surface area contributed by atoms with Crippen molar-refractivity contribution in [1.29, 1.82) is 0 Å². The first-order valence-electron chi connectivity index (χ1n) is 8.09. The molecule has 0 fully saturated rings. The summed E-state index contributed by atoms with van der Waals surface area (Å²) in [7, 11) is 0. The van der Waals surface area contributed by atoms with Crippen LogP contribution >= 0.6 is 0 Å². The van der Waals surface area contributed by atoms with Crippen molar-refractivity contribution in [1.82, 2.24) is 5.01 Å². The van der Waals surface area contributed by atoms with Gasteiger partial charge in [-0.15, -0.1) is 0 Å². The predicted octanol–water partition coefficient (Wildman–Crippen LogP) is 3.05. The lowest BCUT2D eigenvalue weighted by molar-refractivity contribution is 0.100. The number of aliphatic hydroxyl groups is 1. The minimum atomic E-state index is -0.587. The van der Waals surface area contributed by atoms with Crippen molar-refractivity contribution in [2.45, 2.75) is 13.5 Å². The number of carbonyl (C=O) groups is 1. The smallest absolute Gasteiger partial charge is 0.430 e. The summed E-state index contributed by atoms with van der Waals surface area (Å²) >= 11 is 0. The number of hydrogen-bond acceptors (Lipinski definition) is 5. The van der Waals surface area contributed by atoms with Gasteiger partial charge >= 0.3 is 6.09 Å². The molecular formula is C19H22N2O4. The van der Waals surface area contributed by atoms with E-state index in [9.17, 15) is 4.79 Å². The van der Waals surface area contributed by atoms with Crippen LogP contribution in [-0.2, 0) is 11.3 Å². The summed E-state index contributed by atoms with van der Waals surface area (Å²) in [5.74, 6) is 0.749. The molecule has 2 aromatic carbocycles. The van der Waals surface area contributed by atoms with Crippen molar-refractivity contribution in [2.75, 3.05) is 19.8 Å². The molecule has 0 saturated carbocycles. The van der Waals surface area contributed by atoms with Crippen LogP contribution in [0.15, 0.2) is 59.7 Å². The average Bonchev–Trinajstić information content (AvgIpc) is 2.65. The molecule has 2 aromatic rings. The van der Waals surface area contributed by atoms with Crippen LogP contribution in [0.25, 0.3) is 0 Å². The minimum Gasteiger partial charge on any atom is -0.489 e. The number of carbonyl (C=O) groups excluding carboxylic acids is 1. The lowest BCUT2D eigenvalue weighted by atomic mass is 10.2. The molecule has 0 radical (unpaired) electrons. The molecule has 0 aliphatic rings. The monoisotopic (exact) mass is 342 g/mol. The van der Waals surface area contributed by atoms with Gasteiger partial charge < -0.3 is 14.6 Å². The standard InChI is InChI=1S/C19H22N2O4/c1-2-24-19(23)21(12-13-22)20-14-16-8-10-18(11-9-16)25-15-17-6-4-3-5-7-17/h3-11,14,22H,2,12-13,15H2,1H3. The molecule has 1 N–H and O–H groups in total. The van der Waals surface area contributed by atoms with E-state index in [1.54, 1.807) is 6.92 Å². The molecule has 0 saturated heterocycles. The van der Waals surface area contributed by atoms with Crippen LogP contribution in [0, 0.1) is 0 Å². The van der Waals surface area contributed by atoms with Gasteiger partial charge in [0, 0.05) is 0 Å². The van der Waals surface area contributed by atoms with E-state index in [4.69, 9.17) is 14.6 Å². The zero-order valence-electron chi connectivity index (χ0n) is 14.2. The van der Waals surface area contributed by atoms with Crippen molar-refractivity contribution in [2.24, 2.45) is 5.10 Å². The summed E-state index contributed by atoms with van der Waals surface area (Å²) in [6.45, 7) is 2.36. The van der Waals surface area contributed by atoms with Crippen LogP contribution in [0.1, 0.15) is 18.1 Å². The zero-order valence-corrected chi connectivity index (χ0v) is 14.2. The van der Waals surface area contributed by atoms with Gasteiger partial charge in [0.1, 0.15) is 12.4 Å². The maximum Gasteiger partial charge on any atom is 0.430 e. The Labute approximate surface area is 147 Å². The number of hydrazone groups is 1. The highest BCUT2D eigenvalue weighted by molar-refractivity contribution is 5.81. The average molecular weight is 342 g/mol. The van der Waals surface area contributed by atoms with Crippen molar-refractivity contribution in [3.05, 3.63) is 65.7 Å². The van der Waals surface area contributed by atoms with Crippen LogP contribution in [0.3, 0.4) is 0 Å². The first kappa shape index (κ1) is 18.5. The van der Waals surface area contributed by atoms with Crippen molar-refractivity contribution < 1.29 is 19.4 Å². The second-order valence-electron chi connectivity index (χ2n) is 5.13. The van der Waals surface area contributed by atoms with E-state index in [1.165, 1.54) is 6.21 Å². The highest BCUT2D eigenvalue weighted by Crippen LogP contribution is 2.13. The number of ether oxygens (including phenoxy) is 2. The van der Waals surface area contributed by atoms with E-state index < -0.39 is 6.09 Å². The molecule has 2 rings (SSSR count). The number of amides is 1.